The molecule has 0 aliphatic carbocycles. The summed E-state index contributed by atoms with van der Waals surface area (Å²) in [4.78, 5) is 29.4. The number of carbonyl (C=O) groups excluding carboxylic acids is 2. The molecule has 0 saturated carbocycles. The molecule has 4 rings (SSSR count). The minimum absolute atomic E-state index is 0.00439. The van der Waals surface area contributed by atoms with E-state index in [-0.39, 0.29) is 35.2 Å². The molecule has 2 amide bonds. The fourth-order valence-electron chi connectivity index (χ4n) is 4.92. The van der Waals surface area contributed by atoms with Crippen molar-refractivity contribution < 1.29 is 27.5 Å². The number of nitrogens with one attached hydrogen (secondary N) is 1. The zero-order chi connectivity index (χ0) is 31.7. The van der Waals surface area contributed by atoms with Gasteiger partial charge in [-0.2, -0.15) is 0 Å². The van der Waals surface area contributed by atoms with Gasteiger partial charge >= 0.3 is 0 Å². The summed E-state index contributed by atoms with van der Waals surface area (Å²) in [5.74, 6) is -0.323. The molecule has 0 radical (unpaired) electrons. The minimum atomic E-state index is -4.28. The van der Waals surface area contributed by atoms with Gasteiger partial charge in [0.1, 0.15) is 24.1 Å². The summed E-state index contributed by atoms with van der Waals surface area (Å²) in [7, 11) is 0.125. The quantitative estimate of drug-likeness (QED) is 0.236. The summed E-state index contributed by atoms with van der Waals surface area (Å²) in [6, 6.07) is 28.6. The van der Waals surface area contributed by atoms with E-state index in [9.17, 15) is 18.0 Å². The van der Waals surface area contributed by atoms with Crippen LogP contribution < -0.4 is 19.1 Å². The molecule has 230 valence electrons. The summed E-state index contributed by atoms with van der Waals surface area (Å²) >= 11 is 0. The summed E-state index contributed by atoms with van der Waals surface area (Å²) in [6.45, 7) is 1.41. The molecule has 44 heavy (non-hydrogen) atoms. The molecule has 0 aliphatic rings. The third kappa shape index (κ3) is 7.38. The zero-order valence-electron chi connectivity index (χ0n) is 25.3. The Kier molecular flexibility index (Phi) is 10.6. The van der Waals surface area contributed by atoms with Gasteiger partial charge in [-0.3, -0.25) is 13.9 Å². The average Bonchev–Trinajstić information content (AvgIpc) is 3.06. The molecule has 0 aromatic heterocycles. The van der Waals surface area contributed by atoms with Crippen molar-refractivity contribution in [3.05, 3.63) is 120 Å². The van der Waals surface area contributed by atoms with Crippen molar-refractivity contribution in [2.24, 2.45) is 0 Å². The second-order valence-corrected chi connectivity index (χ2v) is 12.0. The number of hydrogen-bond donors (Lipinski definition) is 1. The lowest BCUT2D eigenvalue weighted by atomic mass is 10.0. The van der Waals surface area contributed by atoms with Crippen molar-refractivity contribution in [2.75, 3.05) is 32.1 Å². The van der Waals surface area contributed by atoms with Gasteiger partial charge < -0.3 is 19.7 Å². The van der Waals surface area contributed by atoms with E-state index in [0.29, 0.717) is 5.75 Å². The van der Waals surface area contributed by atoms with Gasteiger partial charge in [0.2, 0.25) is 11.8 Å². The minimum Gasteiger partial charge on any atom is -0.497 e. The summed E-state index contributed by atoms with van der Waals surface area (Å²) in [6.07, 6.45) is 0.228. The summed E-state index contributed by atoms with van der Waals surface area (Å²) in [5, 5.41) is 2.69. The van der Waals surface area contributed by atoms with Crippen LogP contribution in [0.15, 0.2) is 108 Å². The third-order valence-electron chi connectivity index (χ3n) is 7.38. The molecule has 0 aliphatic heterocycles. The van der Waals surface area contributed by atoms with Crippen LogP contribution in [0.2, 0.25) is 0 Å². The summed E-state index contributed by atoms with van der Waals surface area (Å²) < 4.78 is 40.4. The molecule has 10 heteroatoms. The Hall–Kier alpha value is -4.83. The van der Waals surface area contributed by atoms with Crippen molar-refractivity contribution in [3.8, 4) is 11.5 Å². The number of likely N-dealkylation sites (N-methyl/N-ethyl adjacent to an activating group) is 1. The second kappa shape index (κ2) is 14.6. The van der Waals surface area contributed by atoms with Crippen LogP contribution in [0.5, 0.6) is 11.5 Å². The molecule has 0 fully saturated rings. The van der Waals surface area contributed by atoms with Crippen molar-refractivity contribution in [1.29, 1.82) is 0 Å². The Bertz CT molecular complexity index is 1680. The van der Waals surface area contributed by atoms with Crippen LogP contribution in [0.1, 0.15) is 16.7 Å². The number of ether oxygens (including phenoxy) is 2. The van der Waals surface area contributed by atoms with Gasteiger partial charge in [-0.15, -0.1) is 0 Å². The Labute approximate surface area is 259 Å². The number of carbonyl (C=O) groups is 2. The standard InChI is InChI=1S/C34H37N3O6S/c1-25-13-11-12-16-27(25)23-36(31(34(39)35-2)21-26-14-7-5-8-15-26)33(38)24-37(44(40,41)29-17-9-6-10-18-29)30-22-28(42-3)19-20-32(30)43-4/h5-20,22,31H,21,23-24H2,1-4H3,(H,35,39)/t31-/m0/s1. The monoisotopic (exact) mass is 615 g/mol. The van der Waals surface area contributed by atoms with Gasteiger partial charge in [0, 0.05) is 26.1 Å². The average molecular weight is 616 g/mol. The van der Waals surface area contributed by atoms with Crippen molar-refractivity contribution >= 4 is 27.5 Å². The number of benzene rings is 4. The lowest BCUT2D eigenvalue weighted by Crippen LogP contribution is -2.53. The van der Waals surface area contributed by atoms with Gasteiger partial charge in [0.05, 0.1) is 24.8 Å². The molecule has 0 heterocycles. The molecule has 0 bridgehead atoms. The van der Waals surface area contributed by atoms with Gasteiger partial charge in [0.15, 0.2) is 0 Å². The maximum absolute atomic E-state index is 14.5. The molecule has 4 aromatic rings. The van der Waals surface area contributed by atoms with Crippen LogP contribution >= 0.6 is 0 Å². The molecule has 0 saturated heterocycles. The van der Waals surface area contributed by atoms with E-state index in [2.05, 4.69) is 5.32 Å². The smallest absolute Gasteiger partial charge is 0.264 e. The number of amides is 2. The largest absolute Gasteiger partial charge is 0.497 e. The number of aryl methyl sites for hydroxylation is 1. The van der Waals surface area contributed by atoms with E-state index in [1.54, 1.807) is 30.3 Å². The molecule has 4 aromatic carbocycles. The molecular formula is C34H37N3O6S. The normalized spacial score (nSPS) is 11.7. The first kappa shape index (κ1) is 32.1. The van der Waals surface area contributed by atoms with Gasteiger partial charge in [-0.1, -0.05) is 72.8 Å². The van der Waals surface area contributed by atoms with Crippen LogP contribution in [0.25, 0.3) is 0 Å². The highest BCUT2D eigenvalue weighted by Gasteiger charge is 2.35. The Morgan fingerprint density at radius 3 is 2.09 bits per heavy atom. The highest BCUT2D eigenvalue weighted by atomic mass is 32.2. The first-order valence-corrected chi connectivity index (χ1v) is 15.5. The Balaban J connectivity index is 1.85. The number of hydrogen-bond acceptors (Lipinski definition) is 6. The maximum atomic E-state index is 14.5. The molecule has 0 spiro atoms. The van der Waals surface area contributed by atoms with Crippen LogP contribution in [-0.2, 0) is 32.6 Å². The van der Waals surface area contributed by atoms with Gasteiger partial charge in [-0.25, -0.2) is 8.42 Å². The number of sulfonamides is 1. The number of rotatable bonds is 13. The first-order valence-electron chi connectivity index (χ1n) is 14.1. The fourth-order valence-corrected chi connectivity index (χ4v) is 6.35. The van der Waals surface area contributed by atoms with E-state index >= 15 is 0 Å². The van der Waals surface area contributed by atoms with E-state index in [1.807, 2.05) is 61.5 Å². The molecular weight excluding hydrogens is 578 g/mol. The lowest BCUT2D eigenvalue weighted by Gasteiger charge is -2.34. The number of anilines is 1. The van der Waals surface area contributed by atoms with Gasteiger partial charge in [0.25, 0.3) is 10.0 Å². The van der Waals surface area contributed by atoms with Crippen LogP contribution in [0, 0.1) is 6.92 Å². The highest BCUT2D eigenvalue weighted by molar-refractivity contribution is 7.92. The highest BCUT2D eigenvalue weighted by Crippen LogP contribution is 2.36. The SMILES string of the molecule is CNC(=O)[C@H](Cc1ccccc1)N(Cc1ccccc1C)C(=O)CN(c1cc(OC)ccc1OC)S(=O)(=O)c1ccccc1. The molecule has 0 unspecified atom stereocenters. The van der Waals surface area contributed by atoms with E-state index in [0.717, 1.165) is 21.0 Å². The Morgan fingerprint density at radius 1 is 0.841 bits per heavy atom. The van der Waals surface area contributed by atoms with Crippen molar-refractivity contribution in [1.82, 2.24) is 10.2 Å². The zero-order valence-corrected chi connectivity index (χ0v) is 26.1. The number of methoxy groups -OCH3 is 2. The van der Waals surface area contributed by atoms with Crippen LogP contribution in [-0.4, -0.2) is 59.0 Å². The van der Waals surface area contributed by atoms with E-state index in [4.69, 9.17) is 9.47 Å². The van der Waals surface area contributed by atoms with Crippen LogP contribution in [0.4, 0.5) is 5.69 Å². The topological polar surface area (TPSA) is 105 Å². The van der Waals surface area contributed by atoms with Crippen molar-refractivity contribution in [3.63, 3.8) is 0 Å². The number of nitrogens with zero attached hydrogens (tertiary/aromatic N) is 2. The van der Waals surface area contributed by atoms with Crippen molar-refractivity contribution in [2.45, 2.75) is 30.8 Å². The van der Waals surface area contributed by atoms with E-state index in [1.165, 1.54) is 44.4 Å². The molecule has 9 nitrogen and oxygen atoms in total. The van der Waals surface area contributed by atoms with E-state index < -0.39 is 28.5 Å². The predicted molar refractivity (Wildman–Crippen MR) is 170 cm³/mol. The van der Waals surface area contributed by atoms with Crippen LogP contribution in [0.3, 0.4) is 0 Å². The maximum Gasteiger partial charge on any atom is 0.264 e. The third-order valence-corrected chi connectivity index (χ3v) is 9.16. The predicted octanol–water partition coefficient (Wildman–Crippen LogP) is 4.59. The Morgan fingerprint density at radius 2 is 1.48 bits per heavy atom. The molecule has 1 N–H and O–H groups in total. The van der Waals surface area contributed by atoms with Gasteiger partial charge in [-0.05, 0) is 47.9 Å². The second-order valence-electron chi connectivity index (χ2n) is 10.1. The lowest BCUT2D eigenvalue weighted by molar-refractivity contribution is -0.139. The molecule has 1 atom stereocenters. The summed E-state index contributed by atoms with van der Waals surface area (Å²) in [5.41, 5.74) is 2.74. The fraction of sp³-hybridized carbons (Fsp3) is 0.235. The first-order chi connectivity index (χ1) is 21.2.